The molecular formula is C11H13ClN2O. The largest absolute Gasteiger partial charge is 0.349 e. The minimum atomic E-state index is -0.0706. The number of carbonyl (C=O) groups is 1. The van der Waals surface area contributed by atoms with E-state index in [9.17, 15) is 4.79 Å². The number of nitrogens with zero attached hydrogens (tertiary/aromatic N) is 1. The molecule has 3 nitrogen and oxygen atoms in total. The molecule has 1 aromatic rings. The van der Waals surface area contributed by atoms with Crippen LogP contribution in [0.25, 0.3) is 0 Å². The molecule has 2 rings (SSSR count). The molecule has 1 N–H and O–H groups in total. The standard InChI is InChI=1S/C11H13ClN2O/c1-7(8-2-3-8)14-11(15)9-4-5-13-10(12)6-9/h4-8H,2-3H2,1H3,(H,14,15)/t7-/m0/s1. The van der Waals surface area contributed by atoms with Crippen LogP contribution in [0.5, 0.6) is 0 Å². The second kappa shape index (κ2) is 4.19. The van der Waals surface area contributed by atoms with Gasteiger partial charge in [-0.05, 0) is 37.8 Å². The Morgan fingerprint density at radius 3 is 3.00 bits per heavy atom. The first kappa shape index (κ1) is 10.4. The van der Waals surface area contributed by atoms with E-state index in [1.807, 2.05) is 6.92 Å². The summed E-state index contributed by atoms with van der Waals surface area (Å²) in [6, 6.07) is 3.50. The SMILES string of the molecule is C[C@H](NC(=O)c1ccnc(Cl)c1)C1CC1. The van der Waals surface area contributed by atoms with E-state index in [1.165, 1.54) is 12.8 Å². The first-order valence-electron chi connectivity index (χ1n) is 5.09. The van der Waals surface area contributed by atoms with Crippen molar-refractivity contribution in [2.45, 2.75) is 25.8 Å². The quantitative estimate of drug-likeness (QED) is 0.801. The number of pyridine rings is 1. The Labute approximate surface area is 93.8 Å². The van der Waals surface area contributed by atoms with Crippen molar-refractivity contribution in [1.29, 1.82) is 0 Å². The van der Waals surface area contributed by atoms with Crippen LogP contribution in [-0.2, 0) is 0 Å². The van der Waals surface area contributed by atoms with Crippen LogP contribution >= 0.6 is 11.6 Å². The molecule has 0 spiro atoms. The molecule has 1 saturated carbocycles. The van der Waals surface area contributed by atoms with E-state index in [-0.39, 0.29) is 11.9 Å². The van der Waals surface area contributed by atoms with Gasteiger partial charge in [-0.2, -0.15) is 0 Å². The van der Waals surface area contributed by atoms with Crippen LogP contribution in [0.2, 0.25) is 5.15 Å². The van der Waals surface area contributed by atoms with Crippen LogP contribution in [-0.4, -0.2) is 16.9 Å². The van der Waals surface area contributed by atoms with Gasteiger partial charge in [0.1, 0.15) is 5.15 Å². The summed E-state index contributed by atoms with van der Waals surface area (Å²) in [6.45, 7) is 2.04. The first-order chi connectivity index (χ1) is 7.16. The predicted octanol–water partition coefficient (Wildman–Crippen LogP) is 2.26. The van der Waals surface area contributed by atoms with Crippen LogP contribution in [0.15, 0.2) is 18.3 Å². The van der Waals surface area contributed by atoms with Gasteiger partial charge in [-0.1, -0.05) is 11.6 Å². The van der Waals surface area contributed by atoms with Crippen molar-refractivity contribution < 1.29 is 4.79 Å². The average Bonchev–Trinajstić information content (AvgIpc) is 3.00. The number of carbonyl (C=O) groups excluding carboxylic acids is 1. The Bertz CT molecular complexity index is 377. The number of hydrogen-bond acceptors (Lipinski definition) is 2. The number of hydrogen-bond donors (Lipinski definition) is 1. The number of halogens is 1. The molecule has 0 unspecified atom stereocenters. The fraction of sp³-hybridized carbons (Fsp3) is 0.455. The molecule has 0 bridgehead atoms. The Morgan fingerprint density at radius 1 is 1.67 bits per heavy atom. The normalized spacial score (nSPS) is 17.2. The molecule has 0 saturated heterocycles. The zero-order valence-corrected chi connectivity index (χ0v) is 9.29. The lowest BCUT2D eigenvalue weighted by atomic mass is 10.2. The van der Waals surface area contributed by atoms with Crippen LogP contribution in [0.3, 0.4) is 0 Å². The fourth-order valence-corrected chi connectivity index (χ4v) is 1.72. The maximum atomic E-state index is 11.7. The van der Waals surface area contributed by atoms with E-state index in [0.29, 0.717) is 16.6 Å². The highest BCUT2D eigenvalue weighted by atomic mass is 35.5. The molecule has 1 amide bonds. The van der Waals surface area contributed by atoms with Gasteiger partial charge < -0.3 is 5.32 Å². The van der Waals surface area contributed by atoms with Crippen LogP contribution in [0.1, 0.15) is 30.1 Å². The molecular weight excluding hydrogens is 212 g/mol. The van der Waals surface area contributed by atoms with Crippen LogP contribution in [0.4, 0.5) is 0 Å². The third kappa shape index (κ3) is 2.69. The number of aromatic nitrogens is 1. The molecule has 1 fully saturated rings. The van der Waals surface area contributed by atoms with E-state index < -0.39 is 0 Å². The van der Waals surface area contributed by atoms with Gasteiger partial charge in [0.25, 0.3) is 5.91 Å². The fourth-order valence-electron chi connectivity index (χ4n) is 1.55. The van der Waals surface area contributed by atoms with E-state index in [1.54, 1.807) is 18.3 Å². The Morgan fingerprint density at radius 2 is 2.40 bits per heavy atom. The smallest absolute Gasteiger partial charge is 0.251 e. The molecule has 1 heterocycles. The topological polar surface area (TPSA) is 42.0 Å². The van der Waals surface area contributed by atoms with E-state index in [0.717, 1.165) is 0 Å². The second-order valence-electron chi connectivity index (χ2n) is 3.97. The zero-order chi connectivity index (χ0) is 10.8. The monoisotopic (exact) mass is 224 g/mol. The van der Waals surface area contributed by atoms with Gasteiger partial charge in [0.05, 0.1) is 0 Å². The summed E-state index contributed by atoms with van der Waals surface area (Å²) in [5.74, 6) is 0.588. The summed E-state index contributed by atoms with van der Waals surface area (Å²) in [7, 11) is 0. The summed E-state index contributed by atoms with van der Waals surface area (Å²) in [5.41, 5.74) is 0.572. The highest BCUT2D eigenvalue weighted by Gasteiger charge is 2.29. The van der Waals surface area contributed by atoms with Crippen molar-refractivity contribution in [1.82, 2.24) is 10.3 Å². The van der Waals surface area contributed by atoms with Crippen molar-refractivity contribution in [2.24, 2.45) is 5.92 Å². The summed E-state index contributed by atoms with van der Waals surface area (Å²) in [4.78, 5) is 15.6. The number of rotatable bonds is 3. The molecule has 0 aromatic carbocycles. The molecule has 1 aromatic heterocycles. The van der Waals surface area contributed by atoms with Crippen LogP contribution < -0.4 is 5.32 Å². The second-order valence-corrected chi connectivity index (χ2v) is 4.35. The molecule has 4 heteroatoms. The maximum absolute atomic E-state index is 11.7. The summed E-state index contributed by atoms with van der Waals surface area (Å²) in [6.07, 6.45) is 3.98. The lowest BCUT2D eigenvalue weighted by molar-refractivity contribution is 0.0935. The van der Waals surface area contributed by atoms with Gasteiger partial charge >= 0.3 is 0 Å². The molecule has 0 radical (unpaired) electrons. The van der Waals surface area contributed by atoms with Gasteiger partial charge in [0.2, 0.25) is 0 Å². The van der Waals surface area contributed by atoms with Crippen molar-refractivity contribution in [3.63, 3.8) is 0 Å². The molecule has 15 heavy (non-hydrogen) atoms. The third-order valence-electron chi connectivity index (χ3n) is 2.68. The summed E-state index contributed by atoms with van der Waals surface area (Å²) in [5, 5.41) is 3.31. The highest BCUT2D eigenvalue weighted by molar-refractivity contribution is 6.29. The van der Waals surface area contributed by atoms with Gasteiger partial charge in [0, 0.05) is 17.8 Å². The number of nitrogens with one attached hydrogen (secondary N) is 1. The zero-order valence-electron chi connectivity index (χ0n) is 8.53. The first-order valence-corrected chi connectivity index (χ1v) is 5.47. The van der Waals surface area contributed by atoms with Crippen molar-refractivity contribution in [3.8, 4) is 0 Å². The molecule has 0 aliphatic heterocycles. The van der Waals surface area contributed by atoms with Gasteiger partial charge in [0.15, 0.2) is 0 Å². The van der Waals surface area contributed by atoms with Gasteiger partial charge in [-0.25, -0.2) is 4.98 Å². The molecule has 80 valence electrons. The average molecular weight is 225 g/mol. The lowest BCUT2D eigenvalue weighted by Gasteiger charge is -2.12. The van der Waals surface area contributed by atoms with Crippen molar-refractivity contribution >= 4 is 17.5 Å². The molecule has 1 aliphatic carbocycles. The Hall–Kier alpha value is -1.09. The Balaban J connectivity index is 2.00. The maximum Gasteiger partial charge on any atom is 0.251 e. The third-order valence-corrected chi connectivity index (χ3v) is 2.88. The predicted molar refractivity (Wildman–Crippen MR) is 58.9 cm³/mol. The number of amides is 1. The van der Waals surface area contributed by atoms with Crippen LogP contribution in [0, 0.1) is 5.92 Å². The minimum absolute atomic E-state index is 0.0706. The lowest BCUT2D eigenvalue weighted by Crippen LogP contribution is -2.33. The van der Waals surface area contributed by atoms with Crippen molar-refractivity contribution in [2.75, 3.05) is 0 Å². The molecule has 1 atom stereocenters. The van der Waals surface area contributed by atoms with Gasteiger partial charge in [-0.3, -0.25) is 4.79 Å². The summed E-state index contributed by atoms with van der Waals surface area (Å²) < 4.78 is 0. The highest BCUT2D eigenvalue weighted by Crippen LogP contribution is 2.32. The van der Waals surface area contributed by atoms with Gasteiger partial charge in [-0.15, -0.1) is 0 Å². The van der Waals surface area contributed by atoms with E-state index in [4.69, 9.17) is 11.6 Å². The Kier molecular flexibility index (Phi) is 2.91. The summed E-state index contributed by atoms with van der Waals surface area (Å²) >= 11 is 5.71. The van der Waals surface area contributed by atoms with Crippen molar-refractivity contribution in [3.05, 3.63) is 29.0 Å². The minimum Gasteiger partial charge on any atom is -0.349 e. The van der Waals surface area contributed by atoms with E-state index in [2.05, 4.69) is 10.3 Å². The van der Waals surface area contributed by atoms with E-state index >= 15 is 0 Å². The molecule has 1 aliphatic rings.